The lowest BCUT2D eigenvalue weighted by Gasteiger charge is -2.12. The van der Waals surface area contributed by atoms with Gasteiger partial charge in [0.1, 0.15) is 0 Å². The Kier molecular flexibility index (Phi) is 5.10. The largest absolute Gasteiger partial charge is 0.504 e. The monoisotopic (exact) mass is 270 g/mol. The number of carboxylic acid groups (broad SMARTS) is 1. The Labute approximate surface area is 108 Å². The predicted molar refractivity (Wildman–Crippen MR) is 63.2 cm³/mol. The minimum absolute atomic E-state index is 0.0934. The highest BCUT2D eigenvalue weighted by Gasteiger charge is 2.15. The van der Waals surface area contributed by atoms with Gasteiger partial charge in [-0.2, -0.15) is 0 Å². The van der Waals surface area contributed by atoms with Crippen LogP contribution < -0.4 is 11.2 Å². The van der Waals surface area contributed by atoms with E-state index in [-0.39, 0.29) is 17.9 Å². The number of amides is 1. The molecule has 0 fully saturated rings. The van der Waals surface area contributed by atoms with E-state index in [0.717, 1.165) is 0 Å². The molecule has 1 atom stereocenters. The van der Waals surface area contributed by atoms with Gasteiger partial charge in [-0.3, -0.25) is 9.63 Å². The number of hydrogen-bond acceptors (Lipinski definition) is 6. The van der Waals surface area contributed by atoms with Crippen LogP contribution in [-0.4, -0.2) is 39.8 Å². The second kappa shape index (κ2) is 6.57. The molecule has 8 nitrogen and oxygen atoms in total. The van der Waals surface area contributed by atoms with Crippen LogP contribution >= 0.6 is 0 Å². The first-order chi connectivity index (χ1) is 8.90. The minimum atomic E-state index is -1.22. The van der Waals surface area contributed by atoms with Gasteiger partial charge in [-0.15, -0.1) is 0 Å². The molecule has 0 bridgehead atoms. The lowest BCUT2D eigenvalue weighted by atomic mass is 10.1. The van der Waals surface area contributed by atoms with E-state index < -0.39 is 24.5 Å². The summed E-state index contributed by atoms with van der Waals surface area (Å²) >= 11 is 0. The Morgan fingerprint density at radius 1 is 1.32 bits per heavy atom. The van der Waals surface area contributed by atoms with Crippen LogP contribution in [0.15, 0.2) is 18.2 Å². The van der Waals surface area contributed by atoms with Gasteiger partial charge in [0.15, 0.2) is 18.1 Å². The van der Waals surface area contributed by atoms with Crippen LogP contribution in [0.25, 0.3) is 0 Å². The van der Waals surface area contributed by atoms with Gasteiger partial charge >= 0.3 is 5.97 Å². The molecular formula is C11H14N2O6. The number of hydroxylamine groups is 1. The fourth-order valence-electron chi connectivity index (χ4n) is 1.29. The van der Waals surface area contributed by atoms with Crippen LogP contribution in [0.3, 0.4) is 0 Å². The van der Waals surface area contributed by atoms with Gasteiger partial charge < -0.3 is 21.1 Å². The molecule has 0 aliphatic carbocycles. The lowest BCUT2D eigenvalue weighted by Crippen LogP contribution is -2.42. The van der Waals surface area contributed by atoms with Gasteiger partial charge in [-0.1, -0.05) is 6.07 Å². The number of carboxylic acids is 1. The summed E-state index contributed by atoms with van der Waals surface area (Å²) in [6.45, 7) is -0.668. The smallest absolute Gasteiger partial charge is 0.332 e. The van der Waals surface area contributed by atoms with Crippen LogP contribution in [-0.2, 0) is 20.8 Å². The molecular weight excluding hydrogens is 256 g/mol. The molecule has 8 heteroatoms. The third-order valence-corrected chi connectivity index (χ3v) is 2.20. The molecule has 0 heterocycles. The summed E-state index contributed by atoms with van der Waals surface area (Å²) in [6, 6.07) is 3.08. The van der Waals surface area contributed by atoms with Crippen LogP contribution in [0.5, 0.6) is 11.5 Å². The zero-order valence-corrected chi connectivity index (χ0v) is 9.87. The van der Waals surface area contributed by atoms with Gasteiger partial charge in [-0.05, 0) is 24.1 Å². The van der Waals surface area contributed by atoms with Crippen molar-refractivity contribution in [2.75, 3.05) is 6.61 Å². The van der Waals surface area contributed by atoms with Crippen molar-refractivity contribution in [3.8, 4) is 11.5 Å². The first-order valence-corrected chi connectivity index (χ1v) is 5.30. The lowest BCUT2D eigenvalue weighted by molar-refractivity contribution is -0.149. The normalized spacial score (nSPS) is 11.8. The van der Waals surface area contributed by atoms with Crippen LogP contribution in [0, 0.1) is 0 Å². The average Bonchev–Trinajstić information content (AvgIpc) is 2.33. The number of phenols is 2. The minimum Gasteiger partial charge on any atom is -0.504 e. The summed E-state index contributed by atoms with van der Waals surface area (Å²) in [7, 11) is 0. The van der Waals surface area contributed by atoms with E-state index in [0.29, 0.717) is 5.56 Å². The third-order valence-electron chi connectivity index (χ3n) is 2.20. The molecule has 1 rings (SSSR count). The molecule has 1 aromatic rings. The number of carbonyl (C=O) groups is 2. The van der Waals surface area contributed by atoms with Crippen LogP contribution in [0.2, 0.25) is 0 Å². The third kappa shape index (κ3) is 4.82. The number of aromatic hydroxyl groups is 2. The Hall–Kier alpha value is -2.32. The average molecular weight is 270 g/mol. The molecule has 0 saturated heterocycles. The molecule has 0 aliphatic heterocycles. The van der Waals surface area contributed by atoms with Gasteiger partial charge in [0.25, 0.3) is 5.91 Å². The molecule has 1 amide bonds. The Morgan fingerprint density at radius 3 is 2.58 bits per heavy atom. The maximum absolute atomic E-state index is 11.4. The number of rotatable bonds is 6. The second-order valence-electron chi connectivity index (χ2n) is 3.78. The van der Waals surface area contributed by atoms with Crippen molar-refractivity contribution in [2.24, 2.45) is 5.73 Å². The van der Waals surface area contributed by atoms with E-state index in [1.165, 1.54) is 18.2 Å². The number of aliphatic carboxylic acids is 1. The summed E-state index contributed by atoms with van der Waals surface area (Å²) < 4.78 is 0. The number of benzene rings is 1. The van der Waals surface area contributed by atoms with E-state index in [1.807, 2.05) is 5.48 Å². The molecule has 0 saturated carbocycles. The Bertz CT molecular complexity index is 476. The highest BCUT2D eigenvalue weighted by atomic mass is 16.7. The molecule has 0 radical (unpaired) electrons. The van der Waals surface area contributed by atoms with Crippen molar-refractivity contribution in [3.63, 3.8) is 0 Å². The maximum Gasteiger partial charge on any atom is 0.332 e. The standard InChI is InChI=1S/C11H14N2O6/c12-7(11(18)13-19-5-10(16)17)3-6-1-2-8(14)9(15)4-6/h1-2,4,7,14-15H,3,5,12H2,(H,13,18)(H,16,17)/t7-/m0/s1. The number of hydrogen-bond donors (Lipinski definition) is 5. The number of nitrogens with two attached hydrogens (primary N) is 1. The van der Waals surface area contributed by atoms with Crippen molar-refractivity contribution < 1.29 is 29.7 Å². The summed E-state index contributed by atoms with van der Waals surface area (Å²) in [4.78, 5) is 26.0. The molecule has 19 heavy (non-hydrogen) atoms. The zero-order chi connectivity index (χ0) is 14.4. The number of carbonyl (C=O) groups excluding carboxylic acids is 1. The van der Waals surface area contributed by atoms with Gasteiger partial charge in [0, 0.05) is 0 Å². The Morgan fingerprint density at radius 2 is 2.00 bits per heavy atom. The van der Waals surface area contributed by atoms with Gasteiger partial charge in [0.05, 0.1) is 6.04 Å². The van der Waals surface area contributed by atoms with Crippen LogP contribution in [0.1, 0.15) is 5.56 Å². The highest BCUT2D eigenvalue weighted by Crippen LogP contribution is 2.25. The topological polar surface area (TPSA) is 142 Å². The molecule has 6 N–H and O–H groups in total. The van der Waals surface area contributed by atoms with E-state index in [9.17, 15) is 14.7 Å². The van der Waals surface area contributed by atoms with Crippen molar-refractivity contribution >= 4 is 11.9 Å². The fraction of sp³-hybridized carbons (Fsp3) is 0.273. The molecule has 0 aromatic heterocycles. The van der Waals surface area contributed by atoms with E-state index in [2.05, 4.69) is 4.84 Å². The summed E-state index contributed by atoms with van der Waals surface area (Å²) in [5, 5.41) is 26.7. The summed E-state index contributed by atoms with van der Waals surface area (Å²) in [5.74, 6) is -2.50. The molecule has 1 aromatic carbocycles. The van der Waals surface area contributed by atoms with Gasteiger partial charge in [-0.25, -0.2) is 10.3 Å². The van der Waals surface area contributed by atoms with Crippen molar-refractivity contribution in [2.45, 2.75) is 12.5 Å². The quantitative estimate of drug-likeness (QED) is 0.333. The summed E-state index contributed by atoms with van der Waals surface area (Å²) in [5.41, 5.74) is 8.01. The van der Waals surface area contributed by atoms with Crippen molar-refractivity contribution in [1.82, 2.24) is 5.48 Å². The predicted octanol–water partition coefficient (Wildman–Crippen LogP) is -0.900. The maximum atomic E-state index is 11.4. The molecule has 0 aliphatic rings. The van der Waals surface area contributed by atoms with Crippen molar-refractivity contribution in [1.29, 1.82) is 0 Å². The zero-order valence-electron chi connectivity index (χ0n) is 9.87. The molecule has 0 unspecified atom stereocenters. The summed E-state index contributed by atoms with van der Waals surface area (Å²) in [6.07, 6.45) is 0.0934. The van der Waals surface area contributed by atoms with E-state index >= 15 is 0 Å². The SMILES string of the molecule is N[C@@H](Cc1ccc(O)c(O)c1)C(=O)NOCC(=O)O. The van der Waals surface area contributed by atoms with E-state index in [1.54, 1.807) is 0 Å². The molecule has 0 spiro atoms. The van der Waals surface area contributed by atoms with Crippen molar-refractivity contribution in [3.05, 3.63) is 23.8 Å². The first kappa shape index (κ1) is 14.7. The van der Waals surface area contributed by atoms with E-state index in [4.69, 9.17) is 15.9 Å². The number of phenolic OH excluding ortho intramolecular Hbond substituents is 2. The highest BCUT2D eigenvalue weighted by molar-refractivity contribution is 5.81. The second-order valence-corrected chi connectivity index (χ2v) is 3.78. The fourth-order valence-corrected chi connectivity index (χ4v) is 1.29. The molecule has 104 valence electrons. The Balaban J connectivity index is 2.49. The van der Waals surface area contributed by atoms with Gasteiger partial charge in [0.2, 0.25) is 0 Å². The van der Waals surface area contributed by atoms with Crippen LogP contribution in [0.4, 0.5) is 0 Å². The first-order valence-electron chi connectivity index (χ1n) is 5.30. The number of nitrogens with one attached hydrogen (secondary N) is 1.